The molecule has 0 bridgehead atoms. The molecule has 0 atom stereocenters. The number of carbonyl (C=O) groups is 2. The summed E-state index contributed by atoms with van der Waals surface area (Å²) in [6.07, 6.45) is 0. The maximum absolute atomic E-state index is 12.5. The lowest BCUT2D eigenvalue weighted by Crippen LogP contribution is -2.48. The Labute approximate surface area is 144 Å². The van der Waals surface area contributed by atoms with Crippen molar-refractivity contribution in [2.45, 2.75) is 5.72 Å². The van der Waals surface area contributed by atoms with Crippen molar-refractivity contribution in [3.63, 3.8) is 0 Å². The van der Waals surface area contributed by atoms with Gasteiger partial charge in [0, 0.05) is 28.9 Å². The van der Waals surface area contributed by atoms with Crippen LogP contribution in [0.3, 0.4) is 0 Å². The molecule has 0 radical (unpaired) electrons. The molecule has 1 aliphatic carbocycles. The average molecular weight is 343 g/mol. The van der Waals surface area contributed by atoms with Gasteiger partial charge in [0.25, 0.3) is 5.72 Å². The maximum Gasteiger partial charge on any atom is 0.266 e. The van der Waals surface area contributed by atoms with E-state index in [2.05, 4.69) is 5.32 Å². The number of methoxy groups -OCH3 is 3. The van der Waals surface area contributed by atoms with Crippen molar-refractivity contribution in [1.82, 2.24) is 0 Å². The van der Waals surface area contributed by atoms with Crippen LogP contribution in [0.5, 0.6) is 17.2 Å². The number of hydrogen-bond donors (Lipinski definition) is 2. The minimum Gasteiger partial charge on any atom is -0.493 e. The van der Waals surface area contributed by atoms with Crippen molar-refractivity contribution < 1.29 is 28.9 Å². The molecular formula is C18H17NO6. The zero-order valence-electron chi connectivity index (χ0n) is 14.0. The lowest BCUT2D eigenvalue weighted by atomic mass is 10.1. The molecule has 0 spiro atoms. The van der Waals surface area contributed by atoms with E-state index in [1.165, 1.54) is 45.6 Å². The van der Waals surface area contributed by atoms with E-state index < -0.39 is 17.3 Å². The van der Waals surface area contributed by atoms with Gasteiger partial charge >= 0.3 is 0 Å². The highest BCUT2D eigenvalue weighted by Crippen LogP contribution is 2.41. The first-order chi connectivity index (χ1) is 12.0. The molecule has 2 aromatic carbocycles. The van der Waals surface area contributed by atoms with Crippen LogP contribution in [-0.4, -0.2) is 43.7 Å². The number of Topliss-reactive ketones (excluding diaryl/α,β-unsaturated/α-hetero) is 2. The van der Waals surface area contributed by atoms with Gasteiger partial charge in [0.2, 0.25) is 17.3 Å². The number of nitrogens with one attached hydrogen (secondary N) is 1. The quantitative estimate of drug-likeness (QED) is 0.632. The number of aliphatic hydroxyl groups is 1. The van der Waals surface area contributed by atoms with Gasteiger partial charge in [-0.05, 0) is 0 Å². The fourth-order valence-electron chi connectivity index (χ4n) is 2.85. The van der Waals surface area contributed by atoms with Gasteiger partial charge in [0.15, 0.2) is 11.5 Å². The fourth-order valence-corrected chi connectivity index (χ4v) is 2.85. The molecule has 0 heterocycles. The van der Waals surface area contributed by atoms with E-state index in [0.717, 1.165) is 0 Å². The van der Waals surface area contributed by atoms with E-state index in [0.29, 0.717) is 17.2 Å². The van der Waals surface area contributed by atoms with Gasteiger partial charge in [0.05, 0.1) is 21.3 Å². The standard InChI is InChI=1S/C18H17NO6/c1-23-13-8-10(9-14(24-2)15(13)25-3)19-18(22)16(20)11-6-4-5-7-12(11)17(18)21/h4-9,19,22H,1-3H3. The topological polar surface area (TPSA) is 94.1 Å². The number of carbonyl (C=O) groups excluding carboxylic acids is 2. The molecule has 7 nitrogen and oxygen atoms in total. The third-order valence-electron chi connectivity index (χ3n) is 4.06. The molecular weight excluding hydrogens is 326 g/mol. The van der Waals surface area contributed by atoms with Crippen LogP contribution in [0, 0.1) is 0 Å². The van der Waals surface area contributed by atoms with Gasteiger partial charge in [0.1, 0.15) is 0 Å². The van der Waals surface area contributed by atoms with Gasteiger partial charge in [-0.1, -0.05) is 24.3 Å². The monoisotopic (exact) mass is 343 g/mol. The van der Waals surface area contributed by atoms with Crippen molar-refractivity contribution in [1.29, 1.82) is 0 Å². The number of rotatable bonds is 5. The second kappa shape index (κ2) is 6.10. The van der Waals surface area contributed by atoms with E-state index in [-0.39, 0.29) is 16.8 Å². The molecule has 25 heavy (non-hydrogen) atoms. The summed E-state index contributed by atoms with van der Waals surface area (Å²) >= 11 is 0. The van der Waals surface area contributed by atoms with Crippen LogP contribution in [0.25, 0.3) is 0 Å². The molecule has 0 fully saturated rings. The Morgan fingerprint density at radius 1 is 0.880 bits per heavy atom. The SMILES string of the molecule is COc1cc(NC2(O)C(=O)c3ccccc3C2=O)cc(OC)c1OC. The Kier molecular flexibility index (Phi) is 4.10. The van der Waals surface area contributed by atoms with E-state index in [1.54, 1.807) is 12.1 Å². The molecule has 130 valence electrons. The Morgan fingerprint density at radius 2 is 1.36 bits per heavy atom. The number of benzene rings is 2. The van der Waals surface area contributed by atoms with Gasteiger partial charge in [-0.15, -0.1) is 0 Å². The molecule has 1 aliphatic rings. The third kappa shape index (κ3) is 2.49. The summed E-state index contributed by atoms with van der Waals surface area (Å²) in [5.74, 6) is -0.412. The van der Waals surface area contributed by atoms with Crippen molar-refractivity contribution in [2.24, 2.45) is 0 Å². The third-order valence-corrected chi connectivity index (χ3v) is 4.06. The molecule has 0 unspecified atom stereocenters. The molecule has 2 aromatic rings. The number of ether oxygens (including phenoxy) is 3. The lowest BCUT2D eigenvalue weighted by Gasteiger charge is -2.23. The predicted octanol–water partition coefficient (Wildman–Crippen LogP) is 1.89. The van der Waals surface area contributed by atoms with Crippen LogP contribution >= 0.6 is 0 Å². The van der Waals surface area contributed by atoms with Crippen molar-refractivity contribution >= 4 is 17.3 Å². The number of ketones is 2. The number of hydrogen-bond acceptors (Lipinski definition) is 7. The van der Waals surface area contributed by atoms with E-state index in [4.69, 9.17) is 14.2 Å². The van der Waals surface area contributed by atoms with E-state index in [1.807, 2.05) is 0 Å². The van der Waals surface area contributed by atoms with Crippen LogP contribution in [-0.2, 0) is 0 Å². The maximum atomic E-state index is 12.5. The Balaban J connectivity index is 2.03. The minimum atomic E-state index is -2.38. The second-order valence-electron chi connectivity index (χ2n) is 5.45. The summed E-state index contributed by atoms with van der Waals surface area (Å²) in [6, 6.07) is 9.28. The zero-order chi connectivity index (χ0) is 18.2. The number of anilines is 1. The van der Waals surface area contributed by atoms with Crippen molar-refractivity contribution in [3.8, 4) is 17.2 Å². The predicted molar refractivity (Wildman–Crippen MR) is 89.8 cm³/mol. The van der Waals surface area contributed by atoms with Crippen LogP contribution in [0.1, 0.15) is 20.7 Å². The largest absolute Gasteiger partial charge is 0.493 e. The molecule has 0 saturated heterocycles. The van der Waals surface area contributed by atoms with Gasteiger partial charge < -0.3 is 24.6 Å². The van der Waals surface area contributed by atoms with Gasteiger partial charge in [-0.2, -0.15) is 0 Å². The van der Waals surface area contributed by atoms with Gasteiger partial charge in [-0.3, -0.25) is 9.59 Å². The summed E-state index contributed by atoms with van der Waals surface area (Å²) in [5.41, 5.74) is -1.76. The Bertz CT molecular complexity index is 800. The smallest absolute Gasteiger partial charge is 0.266 e. The number of fused-ring (bicyclic) bond motifs is 1. The highest BCUT2D eigenvalue weighted by molar-refractivity contribution is 6.32. The molecule has 3 rings (SSSR count). The lowest BCUT2D eigenvalue weighted by molar-refractivity contribution is 0.0426. The van der Waals surface area contributed by atoms with Crippen LogP contribution in [0.4, 0.5) is 5.69 Å². The first kappa shape index (κ1) is 16.8. The van der Waals surface area contributed by atoms with Crippen molar-refractivity contribution in [2.75, 3.05) is 26.6 Å². The summed E-state index contributed by atoms with van der Waals surface area (Å²) in [4.78, 5) is 25.1. The summed E-state index contributed by atoms with van der Waals surface area (Å²) < 4.78 is 15.7. The zero-order valence-corrected chi connectivity index (χ0v) is 14.0. The normalized spacial score (nSPS) is 14.9. The van der Waals surface area contributed by atoms with Crippen LogP contribution in [0.2, 0.25) is 0 Å². The average Bonchev–Trinajstić information content (AvgIpc) is 2.82. The molecule has 0 amide bonds. The van der Waals surface area contributed by atoms with Gasteiger partial charge in [-0.25, -0.2) is 0 Å². The highest BCUT2D eigenvalue weighted by Gasteiger charge is 2.52. The van der Waals surface area contributed by atoms with E-state index >= 15 is 0 Å². The first-order valence-electron chi connectivity index (χ1n) is 7.45. The molecule has 0 aromatic heterocycles. The first-order valence-corrected chi connectivity index (χ1v) is 7.45. The van der Waals surface area contributed by atoms with Crippen LogP contribution < -0.4 is 19.5 Å². The molecule has 7 heteroatoms. The van der Waals surface area contributed by atoms with E-state index in [9.17, 15) is 14.7 Å². The summed E-state index contributed by atoms with van der Waals surface area (Å²) in [6.45, 7) is 0. The minimum absolute atomic E-state index is 0.176. The van der Waals surface area contributed by atoms with Crippen LogP contribution in [0.15, 0.2) is 36.4 Å². The Morgan fingerprint density at radius 3 is 1.76 bits per heavy atom. The Hall–Kier alpha value is -3.06. The van der Waals surface area contributed by atoms with Crippen molar-refractivity contribution in [3.05, 3.63) is 47.5 Å². The molecule has 0 aliphatic heterocycles. The molecule has 0 saturated carbocycles. The fraction of sp³-hybridized carbons (Fsp3) is 0.222. The highest BCUT2D eigenvalue weighted by atomic mass is 16.5. The summed E-state index contributed by atoms with van der Waals surface area (Å²) in [7, 11) is 4.34. The summed E-state index contributed by atoms with van der Waals surface area (Å²) in [5, 5.41) is 13.3. The second-order valence-corrected chi connectivity index (χ2v) is 5.45. The molecule has 2 N–H and O–H groups in total.